The molecule has 0 amide bonds. The van der Waals surface area contributed by atoms with E-state index < -0.39 is 0 Å². The van der Waals surface area contributed by atoms with E-state index in [4.69, 9.17) is 5.11 Å². The second-order valence-electron chi connectivity index (χ2n) is 4.36. The summed E-state index contributed by atoms with van der Waals surface area (Å²) in [5, 5.41) is 12.5. The first-order valence-electron chi connectivity index (χ1n) is 5.99. The summed E-state index contributed by atoms with van der Waals surface area (Å²) in [4.78, 5) is 2.30. The maximum absolute atomic E-state index is 9.00. The number of aliphatic hydroxyl groups excluding tert-OH is 1. The quantitative estimate of drug-likeness (QED) is 0.618. The summed E-state index contributed by atoms with van der Waals surface area (Å²) in [5.41, 5.74) is 1.25. The van der Waals surface area contributed by atoms with Crippen LogP contribution in [0.5, 0.6) is 0 Å². The van der Waals surface area contributed by atoms with Crippen LogP contribution in [0.1, 0.15) is 26.2 Å². The van der Waals surface area contributed by atoms with Gasteiger partial charge < -0.3 is 10.4 Å². The van der Waals surface area contributed by atoms with Crippen LogP contribution < -0.4 is 5.32 Å². The van der Waals surface area contributed by atoms with E-state index in [2.05, 4.69) is 23.7 Å². The third-order valence-corrected chi connectivity index (χ3v) is 3.00. The molecule has 1 rings (SSSR count). The van der Waals surface area contributed by atoms with Crippen molar-refractivity contribution in [3.8, 4) is 0 Å². The molecule has 1 aliphatic rings. The maximum atomic E-state index is 9.00. The number of hydrogen-bond acceptors (Lipinski definition) is 3. The molecule has 0 radical (unpaired) electrons. The zero-order chi connectivity index (χ0) is 11.1. The number of aliphatic hydroxyl groups is 1. The van der Waals surface area contributed by atoms with Crippen molar-refractivity contribution in [2.24, 2.45) is 0 Å². The van der Waals surface area contributed by atoms with Gasteiger partial charge in [0, 0.05) is 25.7 Å². The third kappa shape index (κ3) is 4.78. The van der Waals surface area contributed by atoms with E-state index in [-0.39, 0.29) is 6.61 Å². The van der Waals surface area contributed by atoms with Crippen LogP contribution in [0, 0.1) is 0 Å². The van der Waals surface area contributed by atoms with Gasteiger partial charge >= 0.3 is 0 Å². The monoisotopic (exact) mass is 212 g/mol. The summed E-state index contributed by atoms with van der Waals surface area (Å²) in [6.07, 6.45) is 3.58. The van der Waals surface area contributed by atoms with E-state index in [1.165, 1.54) is 18.4 Å². The first kappa shape index (κ1) is 12.7. The Hall–Kier alpha value is -0.380. The van der Waals surface area contributed by atoms with E-state index in [9.17, 15) is 0 Å². The molecular weight excluding hydrogens is 188 g/mol. The molecule has 0 spiro atoms. The van der Waals surface area contributed by atoms with Gasteiger partial charge in [-0.05, 0) is 25.8 Å². The highest BCUT2D eigenvalue weighted by Gasteiger charge is 2.17. The van der Waals surface area contributed by atoms with Crippen LogP contribution in [-0.4, -0.2) is 48.8 Å². The minimum absolute atomic E-state index is 0.240. The second kappa shape index (κ2) is 6.99. The summed E-state index contributed by atoms with van der Waals surface area (Å²) in [7, 11) is 0. The predicted octanol–water partition coefficient (Wildman–Crippen LogP) is 0.999. The molecule has 0 aromatic rings. The molecule has 1 unspecified atom stereocenters. The summed E-state index contributed by atoms with van der Waals surface area (Å²) in [6.45, 7) is 10.3. The molecule has 0 aromatic heterocycles. The van der Waals surface area contributed by atoms with E-state index in [1.54, 1.807) is 0 Å². The van der Waals surface area contributed by atoms with Gasteiger partial charge in [-0.15, -0.1) is 0 Å². The zero-order valence-electron chi connectivity index (χ0n) is 9.84. The summed E-state index contributed by atoms with van der Waals surface area (Å²) < 4.78 is 0. The molecule has 0 aromatic carbocycles. The van der Waals surface area contributed by atoms with Gasteiger partial charge in [0.2, 0.25) is 0 Å². The molecular formula is C12H24N2O. The summed E-state index contributed by atoms with van der Waals surface area (Å²) in [5.74, 6) is 0. The van der Waals surface area contributed by atoms with Crippen LogP contribution in [0.2, 0.25) is 0 Å². The van der Waals surface area contributed by atoms with Gasteiger partial charge in [-0.3, -0.25) is 4.90 Å². The smallest absolute Gasteiger partial charge is 0.0558 e. The fraction of sp³-hybridized carbons (Fsp3) is 0.833. The predicted molar refractivity (Wildman–Crippen MR) is 64.0 cm³/mol. The lowest BCUT2D eigenvalue weighted by molar-refractivity contribution is 0.194. The van der Waals surface area contributed by atoms with Crippen molar-refractivity contribution in [1.82, 2.24) is 10.2 Å². The molecule has 3 heteroatoms. The number of rotatable bonds is 7. The molecule has 1 saturated heterocycles. The van der Waals surface area contributed by atoms with Gasteiger partial charge in [-0.1, -0.05) is 19.1 Å². The Bertz CT molecular complexity index is 188. The standard InChI is InChI=1S/C12H24N2O/c1-3-11(2)9-14(7-8-15)10-12-5-4-6-13-12/h12-13,15H,2-10H2,1H3. The van der Waals surface area contributed by atoms with Crippen molar-refractivity contribution in [3.05, 3.63) is 12.2 Å². The van der Waals surface area contributed by atoms with Crippen molar-refractivity contribution < 1.29 is 5.11 Å². The van der Waals surface area contributed by atoms with Gasteiger partial charge in [0.25, 0.3) is 0 Å². The van der Waals surface area contributed by atoms with E-state index in [0.717, 1.165) is 32.6 Å². The number of nitrogens with zero attached hydrogens (tertiary/aromatic N) is 1. The van der Waals surface area contributed by atoms with Crippen LogP contribution in [0.25, 0.3) is 0 Å². The summed E-state index contributed by atoms with van der Waals surface area (Å²) in [6, 6.07) is 0.612. The Kier molecular flexibility index (Phi) is 5.91. The highest BCUT2D eigenvalue weighted by molar-refractivity contribution is 4.96. The van der Waals surface area contributed by atoms with Crippen molar-refractivity contribution in [2.45, 2.75) is 32.2 Å². The lowest BCUT2D eigenvalue weighted by Crippen LogP contribution is -2.39. The van der Waals surface area contributed by atoms with Gasteiger partial charge in [0.15, 0.2) is 0 Å². The SMILES string of the molecule is C=C(CC)CN(CCO)CC1CCCN1. The normalized spacial score (nSPS) is 21.1. The Balaban J connectivity index is 2.31. The molecule has 2 N–H and O–H groups in total. The summed E-state index contributed by atoms with van der Waals surface area (Å²) >= 11 is 0. The fourth-order valence-electron chi connectivity index (χ4n) is 2.03. The van der Waals surface area contributed by atoms with Crippen LogP contribution >= 0.6 is 0 Å². The highest BCUT2D eigenvalue weighted by atomic mass is 16.3. The Morgan fingerprint density at radius 3 is 2.93 bits per heavy atom. The van der Waals surface area contributed by atoms with Crippen molar-refractivity contribution in [3.63, 3.8) is 0 Å². The lowest BCUT2D eigenvalue weighted by Gasteiger charge is -2.25. The van der Waals surface area contributed by atoms with Crippen LogP contribution in [-0.2, 0) is 0 Å². The molecule has 1 fully saturated rings. The highest BCUT2D eigenvalue weighted by Crippen LogP contribution is 2.08. The van der Waals surface area contributed by atoms with Crippen molar-refractivity contribution in [2.75, 3.05) is 32.8 Å². The van der Waals surface area contributed by atoms with Crippen molar-refractivity contribution in [1.29, 1.82) is 0 Å². The Morgan fingerprint density at radius 2 is 2.40 bits per heavy atom. The second-order valence-corrected chi connectivity index (χ2v) is 4.36. The molecule has 88 valence electrons. The van der Waals surface area contributed by atoms with E-state index in [0.29, 0.717) is 6.04 Å². The molecule has 0 saturated carbocycles. The topological polar surface area (TPSA) is 35.5 Å². The Morgan fingerprint density at radius 1 is 1.60 bits per heavy atom. The van der Waals surface area contributed by atoms with Crippen LogP contribution in [0.3, 0.4) is 0 Å². The maximum Gasteiger partial charge on any atom is 0.0558 e. The molecule has 0 aliphatic carbocycles. The number of nitrogens with one attached hydrogen (secondary N) is 1. The Labute approximate surface area is 93.2 Å². The minimum Gasteiger partial charge on any atom is -0.395 e. The third-order valence-electron chi connectivity index (χ3n) is 3.00. The van der Waals surface area contributed by atoms with Crippen molar-refractivity contribution >= 4 is 0 Å². The molecule has 15 heavy (non-hydrogen) atoms. The lowest BCUT2D eigenvalue weighted by atomic mass is 10.2. The van der Waals surface area contributed by atoms with Crippen LogP contribution in [0.15, 0.2) is 12.2 Å². The number of hydrogen-bond donors (Lipinski definition) is 2. The first-order chi connectivity index (χ1) is 7.26. The molecule has 1 atom stereocenters. The van der Waals surface area contributed by atoms with Gasteiger partial charge in [0.1, 0.15) is 0 Å². The van der Waals surface area contributed by atoms with Gasteiger partial charge in [-0.2, -0.15) is 0 Å². The average Bonchev–Trinajstić information content (AvgIpc) is 2.70. The van der Waals surface area contributed by atoms with Gasteiger partial charge in [0.05, 0.1) is 6.61 Å². The van der Waals surface area contributed by atoms with Gasteiger partial charge in [-0.25, -0.2) is 0 Å². The zero-order valence-corrected chi connectivity index (χ0v) is 9.84. The molecule has 0 bridgehead atoms. The minimum atomic E-state index is 0.240. The van der Waals surface area contributed by atoms with E-state index >= 15 is 0 Å². The average molecular weight is 212 g/mol. The largest absolute Gasteiger partial charge is 0.395 e. The van der Waals surface area contributed by atoms with Crippen LogP contribution in [0.4, 0.5) is 0 Å². The van der Waals surface area contributed by atoms with E-state index in [1.807, 2.05) is 0 Å². The molecule has 1 aliphatic heterocycles. The first-order valence-corrected chi connectivity index (χ1v) is 5.99. The molecule has 3 nitrogen and oxygen atoms in total. The molecule has 1 heterocycles. The fourth-order valence-corrected chi connectivity index (χ4v) is 2.03.